The van der Waals surface area contributed by atoms with Gasteiger partial charge in [0, 0.05) is 12.1 Å². The highest BCUT2D eigenvalue weighted by atomic mass is 19.3. The molecule has 0 aliphatic rings. The second-order valence-electron chi connectivity index (χ2n) is 2.84. The first-order valence-corrected chi connectivity index (χ1v) is 4.26. The number of hydrogen-bond acceptors (Lipinski definition) is 4. The van der Waals surface area contributed by atoms with Crippen molar-refractivity contribution in [2.75, 3.05) is 7.11 Å². The van der Waals surface area contributed by atoms with Gasteiger partial charge in [0.05, 0.1) is 18.9 Å². The summed E-state index contributed by atoms with van der Waals surface area (Å²) in [5, 5.41) is 0. The van der Waals surface area contributed by atoms with Gasteiger partial charge in [-0.25, -0.2) is 22.9 Å². The zero-order chi connectivity index (χ0) is 12.3. The molecule has 16 heavy (non-hydrogen) atoms. The van der Waals surface area contributed by atoms with Gasteiger partial charge in [-0.15, -0.1) is 0 Å². The fourth-order valence-electron chi connectivity index (χ4n) is 1.24. The van der Waals surface area contributed by atoms with Crippen LogP contribution >= 0.6 is 0 Å². The molecule has 0 bridgehead atoms. The summed E-state index contributed by atoms with van der Waals surface area (Å²) in [6.45, 7) is -0.446. The summed E-state index contributed by atoms with van der Waals surface area (Å²) in [6.07, 6.45) is -2.38. The molecule has 1 aromatic heterocycles. The third-order valence-corrected chi connectivity index (χ3v) is 1.98. The van der Waals surface area contributed by atoms with Crippen molar-refractivity contribution in [3.05, 3.63) is 28.8 Å². The standard InChI is InChI=1S/C9H9F3N2O2/c1-16-9(15)7-6(8(11)12)4(2-13)5(10)3-14-7/h3,8H,2,13H2,1H3. The van der Waals surface area contributed by atoms with E-state index < -0.39 is 41.6 Å². The van der Waals surface area contributed by atoms with Crippen LogP contribution in [0.5, 0.6) is 0 Å². The van der Waals surface area contributed by atoms with Gasteiger partial charge in [0.1, 0.15) is 5.82 Å². The lowest BCUT2D eigenvalue weighted by Crippen LogP contribution is -2.15. The number of ether oxygens (including phenoxy) is 1. The Morgan fingerprint density at radius 3 is 2.69 bits per heavy atom. The average Bonchev–Trinajstić information content (AvgIpc) is 2.27. The Kier molecular flexibility index (Phi) is 3.83. The summed E-state index contributed by atoms with van der Waals surface area (Å²) in [5.41, 5.74) is 3.30. The SMILES string of the molecule is COC(=O)c1ncc(F)c(CN)c1C(F)F. The second kappa shape index (κ2) is 4.93. The summed E-state index contributed by atoms with van der Waals surface area (Å²) < 4.78 is 42.8. The zero-order valence-electron chi connectivity index (χ0n) is 8.34. The molecule has 0 amide bonds. The Bertz CT molecular complexity index is 410. The van der Waals surface area contributed by atoms with Crippen LogP contribution in [0.15, 0.2) is 6.20 Å². The molecule has 0 spiro atoms. The lowest BCUT2D eigenvalue weighted by Gasteiger charge is -2.11. The minimum absolute atomic E-state index is 0.426. The molecular formula is C9H9F3N2O2. The maximum atomic E-state index is 13.1. The molecule has 0 aliphatic heterocycles. The fourth-order valence-corrected chi connectivity index (χ4v) is 1.24. The van der Waals surface area contributed by atoms with Crippen molar-refractivity contribution >= 4 is 5.97 Å². The van der Waals surface area contributed by atoms with Gasteiger partial charge >= 0.3 is 5.97 Å². The van der Waals surface area contributed by atoms with Crippen LogP contribution in [0.4, 0.5) is 13.2 Å². The third-order valence-electron chi connectivity index (χ3n) is 1.98. The first-order chi connectivity index (χ1) is 7.52. The maximum Gasteiger partial charge on any atom is 0.357 e. The number of halogens is 3. The number of carbonyl (C=O) groups is 1. The number of nitrogens with zero attached hydrogens (tertiary/aromatic N) is 1. The van der Waals surface area contributed by atoms with Crippen molar-refractivity contribution < 1.29 is 22.7 Å². The van der Waals surface area contributed by atoms with Gasteiger partial charge in [0.2, 0.25) is 0 Å². The van der Waals surface area contributed by atoms with Crippen molar-refractivity contribution in [2.45, 2.75) is 13.0 Å². The Hall–Kier alpha value is -1.63. The number of esters is 1. The summed E-state index contributed by atoms with van der Waals surface area (Å²) in [4.78, 5) is 14.4. The molecule has 0 unspecified atom stereocenters. The normalized spacial score (nSPS) is 10.6. The molecule has 0 aliphatic carbocycles. The van der Waals surface area contributed by atoms with Crippen LogP contribution in [0, 0.1) is 5.82 Å². The van der Waals surface area contributed by atoms with Crippen LogP contribution in [0.1, 0.15) is 28.0 Å². The molecule has 0 saturated heterocycles. The number of aromatic nitrogens is 1. The molecule has 0 aromatic carbocycles. The first kappa shape index (κ1) is 12.4. The Labute approximate surface area is 89.2 Å². The number of pyridine rings is 1. The smallest absolute Gasteiger partial charge is 0.357 e. The average molecular weight is 234 g/mol. The molecular weight excluding hydrogens is 225 g/mol. The van der Waals surface area contributed by atoms with Gasteiger partial charge in [0.15, 0.2) is 5.69 Å². The van der Waals surface area contributed by atoms with Crippen LogP contribution in [-0.2, 0) is 11.3 Å². The molecule has 7 heteroatoms. The van der Waals surface area contributed by atoms with Crippen LogP contribution in [-0.4, -0.2) is 18.1 Å². The van der Waals surface area contributed by atoms with Crippen molar-refractivity contribution in [3.8, 4) is 0 Å². The number of hydrogen-bond donors (Lipinski definition) is 1. The van der Waals surface area contributed by atoms with E-state index in [0.29, 0.717) is 6.20 Å². The number of methoxy groups -OCH3 is 1. The topological polar surface area (TPSA) is 65.2 Å². The monoisotopic (exact) mass is 234 g/mol. The lowest BCUT2D eigenvalue weighted by atomic mass is 10.1. The number of nitrogens with two attached hydrogens (primary N) is 1. The Morgan fingerprint density at radius 1 is 1.62 bits per heavy atom. The molecule has 1 heterocycles. The van der Waals surface area contributed by atoms with Gasteiger partial charge in [-0.2, -0.15) is 0 Å². The van der Waals surface area contributed by atoms with Crippen LogP contribution in [0.2, 0.25) is 0 Å². The van der Waals surface area contributed by atoms with Crippen molar-refractivity contribution in [3.63, 3.8) is 0 Å². The van der Waals surface area contributed by atoms with E-state index in [1.54, 1.807) is 0 Å². The zero-order valence-corrected chi connectivity index (χ0v) is 8.34. The predicted molar refractivity (Wildman–Crippen MR) is 48.4 cm³/mol. The minimum atomic E-state index is -3.05. The first-order valence-electron chi connectivity index (χ1n) is 4.26. The van der Waals surface area contributed by atoms with Crippen molar-refractivity contribution in [1.29, 1.82) is 0 Å². The van der Waals surface area contributed by atoms with E-state index >= 15 is 0 Å². The van der Waals surface area contributed by atoms with E-state index in [0.717, 1.165) is 7.11 Å². The largest absolute Gasteiger partial charge is 0.464 e. The summed E-state index contributed by atoms with van der Waals surface area (Å²) >= 11 is 0. The van der Waals surface area contributed by atoms with Gasteiger partial charge in [0.25, 0.3) is 6.43 Å². The number of alkyl halides is 2. The summed E-state index contributed by atoms with van der Waals surface area (Å²) in [6, 6.07) is 0. The molecule has 1 rings (SSSR count). The van der Waals surface area contributed by atoms with Gasteiger partial charge in [-0.3, -0.25) is 0 Å². The molecule has 0 radical (unpaired) electrons. The number of rotatable bonds is 3. The molecule has 0 saturated carbocycles. The molecule has 2 N–H and O–H groups in total. The van der Waals surface area contributed by atoms with E-state index in [9.17, 15) is 18.0 Å². The second-order valence-corrected chi connectivity index (χ2v) is 2.84. The van der Waals surface area contributed by atoms with E-state index in [-0.39, 0.29) is 0 Å². The van der Waals surface area contributed by atoms with E-state index in [2.05, 4.69) is 9.72 Å². The molecule has 0 fully saturated rings. The highest BCUT2D eigenvalue weighted by Crippen LogP contribution is 2.27. The van der Waals surface area contributed by atoms with E-state index in [4.69, 9.17) is 5.73 Å². The highest BCUT2D eigenvalue weighted by molar-refractivity contribution is 5.89. The highest BCUT2D eigenvalue weighted by Gasteiger charge is 2.26. The molecule has 88 valence electrons. The van der Waals surface area contributed by atoms with Crippen molar-refractivity contribution in [2.24, 2.45) is 5.73 Å². The molecule has 0 atom stereocenters. The quantitative estimate of drug-likeness (QED) is 0.803. The third kappa shape index (κ3) is 2.13. The minimum Gasteiger partial charge on any atom is -0.464 e. The van der Waals surface area contributed by atoms with Gasteiger partial charge in [-0.1, -0.05) is 0 Å². The summed E-state index contributed by atoms with van der Waals surface area (Å²) in [5.74, 6) is -2.02. The van der Waals surface area contributed by atoms with E-state index in [1.807, 2.05) is 0 Å². The van der Waals surface area contributed by atoms with Gasteiger partial charge < -0.3 is 10.5 Å². The summed E-state index contributed by atoms with van der Waals surface area (Å²) in [7, 11) is 1.02. The van der Waals surface area contributed by atoms with Crippen LogP contribution in [0.25, 0.3) is 0 Å². The number of carbonyl (C=O) groups excluding carboxylic acids is 1. The predicted octanol–water partition coefficient (Wildman–Crippen LogP) is 1.40. The van der Waals surface area contributed by atoms with E-state index in [1.165, 1.54) is 0 Å². The van der Waals surface area contributed by atoms with Crippen LogP contribution < -0.4 is 5.73 Å². The van der Waals surface area contributed by atoms with Crippen LogP contribution in [0.3, 0.4) is 0 Å². The molecule has 4 nitrogen and oxygen atoms in total. The van der Waals surface area contributed by atoms with Crippen molar-refractivity contribution in [1.82, 2.24) is 4.98 Å². The van der Waals surface area contributed by atoms with Gasteiger partial charge in [-0.05, 0) is 0 Å². The Balaban J connectivity index is 3.45. The lowest BCUT2D eigenvalue weighted by molar-refractivity contribution is 0.0580. The Morgan fingerprint density at radius 2 is 2.25 bits per heavy atom. The fraction of sp³-hybridized carbons (Fsp3) is 0.333. The molecule has 1 aromatic rings. The maximum absolute atomic E-state index is 13.1.